The molecule has 2 rings (SSSR count). The van der Waals surface area contributed by atoms with E-state index in [0.29, 0.717) is 5.56 Å². The van der Waals surface area contributed by atoms with E-state index in [-0.39, 0.29) is 13.2 Å². The summed E-state index contributed by atoms with van der Waals surface area (Å²) in [6.45, 7) is 1.51. The second-order valence-corrected chi connectivity index (χ2v) is 7.15. The maximum absolute atomic E-state index is 13.6. The molecule has 0 spiro atoms. The Balaban J connectivity index is 2.21. The highest BCUT2D eigenvalue weighted by Crippen LogP contribution is 2.18. The van der Waals surface area contributed by atoms with Gasteiger partial charge in [-0.3, -0.25) is 0 Å². The van der Waals surface area contributed by atoms with Crippen LogP contribution in [0.4, 0.5) is 4.39 Å². The van der Waals surface area contributed by atoms with Gasteiger partial charge in [-0.15, -0.1) is 11.3 Å². The molecule has 5 nitrogen and oxygen atoms in total. The molecule has 0 radical (unpaired) electrons. The zero-order chi connectivity index (χ0) is 14.8. The summed E-state index contributed by atoms with van der Waals surface area (Å²) in [4.78, 5) is 4.28. The number of aliphatic hydroxyl groups excluding tert-OH is 1. The van der Waals surface area contributed by atoms with Crippen LogP contribution >= 0.6 is 11.3 Å². The minimum Gasteiger partial charge on any atom is -0.392 e. The lowest BCUT2D eigenvalue weighted by Gasteiger charge is -2.08. The molecule has 20 heavy (non-hydrogen) atoms. The maximum atomic E-state index is 13.6. The Morgan fingerprint density at radius 1 is 1.45 bits per heavy atom. The number of halogens is 1. The summed E-state index contributed by atoms with van der Waals surface area (Å²) in [6, 6.07) is 3.48. The standard InChI is InChI=1S/C12H13FN2O3S2/c1-8-14-5-10(19-8)6-15-20(17,18)12-4-9(7-16)2-3-11(12)13/h2-5,15-16H,6-7H2,1H3. The van der Waals surface area contributed by atoms with E-state index in [0.717, 1.165) is 22.0 Å². The number of aryl methyl sites for hydroxylation is 1. The topological polar surface area (TPSA) is 79.3 Å². The monoisotopic (exact) mass is 316 g/mol. The number of hydrogen-bond acceptors (Lipinski definition) is 5. The van der Waals surface area contributed by atoms with Crippen molar-refractivity contribution in [1.82, 2.24) is 9.71 Å². The molecule has 2 aromatic rings. The quantitative estimate of drug-likeness (QED) is 0.877. The Morgan fingerprint density at radius 2 is 2.20 bits per heavy atom. The van der Waals surface area contributed by atoms with Crippen LogP contribution in [0, 0.1) is 12.7 Å². The molecule has 2 N–H and O–H groups in total. The minimum atomic E-state index is -3.97. The van der Waals surface area contributed by atoms with Crippen LogP contribution in [0.2, 0.25) is 0 Å². The van der Waals surface area contributed by atoms with Crippen molar-refractivity contribution >= 4 is 21.4 Å². The van der Waals surface area contributed by atoms with Crippen LogP contribution < -0.4 is 4.72 Å². The van der Waals surface area contributed by atoms with E-state index in [1.54, 1.807) is 6.20 Å². The van der Waals surface area contributed by atoms with Crippen molar-refractivity contribution in [1.29, 1.82) is 0 Å². The molecule has 1 aromatic heterocycles. The van der Waals surface area contributed by atoms with Crippen LogP contribution in [0.1, 0.15) is 15.4 Å². The normalized spacial score (nSPS) is 11.8. The third-order valence-corrected chi connectivity index (χ3v) is 4.90. The molecule has 0 aliphatic heterocycles. The predicted octanol–water partition coefficient (Wildman–Crippen LogP) is 1.56. The third-order valence-electron chi connectivity index (χ3n) is 2.57. The molecular weight excluding hydrogens is 303 g/mol. The lowest BCUT2D eigenvalue weighted by molar-refractivity contribution is 0.281. The molecule has 0 saturated heterocycles. The molecule has 0 aliphatic rings. The molecule has 0 fully saturated rings. The van der Waals surface area contributed by atoms with Gasteiger partial charge in [0.2, 0.25) is 10.0 Å². The van der Waals surface area contributed by atoms with Gasteiger partial charge in [-0.25, -0.2) is 22.5 Å². The molecule has 108 valence electrons. The van der Waals surface area contributed by atoms with Crippen molar-refractivity contribution in [3.05, 3.63) is 45.7 Å². The number of nitrogens with one attached hydrogen (secondary N) is 1. The van der Waals surface area contributed by atoms with Gasteiger partial charge in [0.05, 0.1) is 11.6 Å². The Bertz CT molecular complexity index is 713. The van der Waals surface area contributed by atoms with Gasteiger partial charge >= 0.3 is 0 Å². The van der Waals surface area contributed by atoms with Gasteiger partial charge in [0, 0.05) is 17.6 Å². The Kier molecular flexibility index (Phi) is 4.48. The fourth-order valence-corrected chi connectivity index (χ4v) is 3.54. The Labute approximate surface area is 120 Å². The number of aliphatic hydroxyl groups is 1. The SMILES string of the molecule is Cc1ncc(CNS(=O)(=O)c2cc(CO)ccc2F)s1. The van der Waals surface area contributed by atoms with Crippen molar-refractivity contribution < 1.29 is 17.9 Å². The van der Waals surface area contributed by atoms with Gasteiger partial charge in [0.25, 0.3) is 0 Å². The van der Waals surface area contributed by atoms with E-state index in [4.69, 9.17) is 5.11 Å². The molecule has 8 heteroatoms. The number of benzene rings is 1. The van der Waals surface area contributed by atoms with Crippen molar-refractivity contribution in [3.63, 3.8) is 0 Å². The molecule has 0 bridgehead atoms. The molecule has 0 amide bonds. The number of thiazole rings is 1. The first-order chi connectivity index (χ1) is 9.42. The van der Waals surface area contributed by atoms with Crippen molar-refractivity contribution in [2.45, 2.75) is 25.0 Å². The first kappa shape index (κ1) is 15.0. The van der Waals surface area contributed by atoms with Crippen molar-refractivity contribution in [3.8, 4) is 0 Å². The summed E-state index contributed by atoms with van der Waals surface area (Å²) >= 11 is 1.36. The van der Waals surface area contributed by atoms with Crippen LogP contribution in [-0.2, 0) is 23.2 Å². The summed E-state index contributed by atoms with van der Waals surface area (Å²) in [5.74, 6) is -0.852. The fraction of sp³-hybridized carbons (Fsp3) is 0.250. The van der Waals surface area contributed by atoms with E-state index in [1.165, 1.54) is 17.4 Å². The van der Waals surface area contributed by atoms with E-state index in [9.17, 15) is 12.8 Å². The first-order valence-electron chi connectivity index (χ1n) is 5.72. The molecule has 0 atom stereocenters. The van der Waals surface area contributed by atoms with Crippen LogP contribution in [0.5, 0.6) is 0 Å². The summed E-state index contributed by atoms with van der Waals surface area (Å²) in [5.41, 5.74) is 0.334. The van der Waals surface area contributed by atoms with E-state index in [2.05, 4.69) is 9.71 Å². The number of hydrogen-bond donors (Lipinski definition) is 2. The summed E-state index contributed by atoms with van der Waals surface area (Å²) < 4.78 is 40.0. The smallest absolute Gasteiger partial charge is 0.243 e. The zero-order valence-corrected chi connectivity index (χ0v) is 12.3. The summed E-state index contributed by atoms with van der Waals surface area (Å²) in [5, 5.41) is 9.81. The van der Waals surface area contributed by atoms with Crippen LogP contribution in [0.25, 0.3) is 0 Å². The molecule has 1 heterocycles. The summed E-state index contributed by atoms with van der Waals surface area (Å²) in [6.07, 6.45) is 1.57. The molecular formula is C12H13FN2O3S2. The third kappa shape index (κ3) is 3.40. The van der Waals surface area contributed by atoms with Gasteiger partial charge in [0.15, 0.2) is 0 Å². The zero-order valence-electron chi connectivity index (χ0n) is 10.6. The highest BCUT2D eigenvalue weighted by atomic mass is 32.2. The molecule has 1 aromatic carbocycles. The molecule has 0 saturated carbocycles. The summed E-state index contributed by atoms with van der Waals surface area (Å²) in [7, 11) is -3.97. The van der Waals surface area contributed by atoms with E-state index < -0.39 is 20.7 Å². The van der Waals surface area contributed by atoms with Crippen molar-refractivity contribution in [2.75, 3.05) is 0 Å². The minimum absolute atomic E-state index is 0.0522. The Morgan fingerprint density at radius 3 is 2.80 bits per heavy atom. The van der Waals surface area contributed by atoms with Crippen molar-refractivity contribution in [2.24, 2.45) is 0 Å². The predicted molar refractivity (Wildman–Crippen MR) is 73.2 cm³/mol. The number of aromatic nitrogens is 1. The Hall–Kier alpha value is -1.35. The lowest BCUT2D eigenvalue weighted by Crippen LogP contribution is -2.24. The van der Waals surface area contributed by atoms with E-state index >= 15 is 0 Å². The van der Waals surface area contributed by atoms with Gasteiger partial charge in [-0.1, -0.05) is 6.07 Å². The second kappa shape index (κ2) is 5.96. The van der Waals surface area contributed by atoms with Crippen LogP contribution in [0.3, 0.4) is 0 Å². The van der Waals surface area contributed by atoms with Crippen LogP contribution in [0.15, 0.2) is 29.3 Å². The van der Waals surface area contributed by atoms with Crippen LogP contribution in [-0.4, -0.2) is 18.5 Å². The number of rotatable bonds is 5. The lowest BCUT2D eigenvalue weighted by atomic mass is 10.2. The van der Waals surface area contributed by atoms with Gasteiger partial charge in [-0.05, 0) is 24.6 Å². The van der Waals surface area contributed by atoms with Gasteiger partial charge < -0.3 is 5.11 Å². The largest absolute Gasteiger partial charge is 0.392 e. The first-order valence-corrected chi connectivity index (χ1v) is 8.02. The highest BCUT2D eigenvalue weighted by Gasteiger charge is 2.19. The molecule has 0 unspecified atom stereocenters. The van der Waals surface area contributed by atoms with Gasteiger partial charge in [0.1, 0.15) is 10.7 Å². The fourth-order valence-electron chi connectivity index (χ4n) is 1.58. The van der Waals surface area contributed by atoms with E-state index in [1.807, 2.05) is 6.92 Å². The maximum Gasteiger partial charge on any atom is 0.243 e. The van der Waals surface area contributed by atoms with Gasteiger partial charge in [-0.2, -0.15) is 0 Å². The molecule has 0 aliphatic carbocycles. The second-order valence-electron chi connectivity index (χ2n) is 4.09. The number of nitrogens with zero attached hydrogens (tertiary/aromatic N) is 1. The average molecular weight is 316 g/mol. The number of sulfonamides is 1. The highest BCUT2D eigenvalue weighted by molar-refractivity contribution is 7.89. The average Bonchev–Trinajstić information content (AvgIpc) is 2.83.